The van der Waals surface area contributed by atoms with Crippen molar-refractivity contribution in [2.24, 2.45) is 11.1 Å². The molecule has 2 atom stereocenters. The number of ether oxygens (including phenoxy) is 1. The zero-order chi connectivity index (χ0) is 22.8. The van der Waals surface area contributed by atoms with Crippen molar-refractivity contribution in [3.63, 3.8) is 0 Å². The number of anilines is 1. The van der Waals surface area contributed by atoms with Crippen LogP contribution in [0.15, 0.2) is 48.5 Å². The van der Waals surface area contributed by atoms with E-state index in [1.165, 1.54) is 0 Å². The molecule has 0 saturated heterocycles. The number of carbonyl (C=O) groups excluding carboxylic acids is 2. The van der Waals surface area contributed by atoms with E-state index in [0.717, 1.165) is 0 Å². The van der Waals surface area contributed by atoms with Crippen molar-refractivity contribution in [3.05, 3.63) is 59.7 Å². The molecule has 0 saturated carbocycles. The first-order valence-corrected chi connectivity index (χ1v) is 10.3. The second kappa shape index (κ2) is 8.79. The minimum atomic E-state index is -0.882. The number of nitrogens with zero attached hydrogens (tertiary/aromatic N) is 1. The van der Waals surface area contributed by atoms with Crippen molar-refractivity contribution in [2.45, 2.75) is 45.6 Å². The lowest BCUT2D eigenvalue weighted by Crippen LogP contribution is -2.44. The minimum Gasteiger partial charge on any atom is -0.494 e. The van der Waals surface area contributed by atoms with E-state index >= 15 is 0 Å². The number of primary amides is 1. The van der Waals surface area contributed by atoms with E-state index in [1.54, 1.807) is 67.3 Å². The highest BCUT2D eigenvalue weighted by Crippen LogP contribution is 2.39. The van der Waals surface area contributed by atoms with Crippen LogP contribution in [0, 0.1) is 5.41 Å². The molecule has 31 heavy (non-hydrogen) atoms. The Morgan fingerprint density at radius 1 is 1.13 bits per heavy atom. The molecule has 2 aromatic carbocycles. The van der Waals surface area contributed by atoms with Gasteiger partial charge in [0.2, 0.25) is 5.91 Å². The Bertz CT molecular complexity index is 984. The second-order valence-corrected chi connectivity index (χ2v) is 8.58. The van der Waals surface area contributed by atoms with Crippen LogP contribution in [0.3, 0.4) is 0 Å². The Kier molecular flexibility index (Phi) is 6.34. The van der Waals surface area contributed by atoms with Gasteiger partial charge in [0.15, 0.2) is 0 Å². The van der Waals surface area contributed by atoms with Crippen LogP contribution in [0.2, 0.25) is 0 Å². The Labute approximate surface area is 181 Å². The molecule has 0 unspecified atom stereocenters. The minimum absolute atomic E-state index is 0.190. The Balaban J connectivity index is 1.75. The van der Waals surface area contributed by atoms with E-state index in [4.69, 9.17) is 10.5 Å². The summed E-state index contributed by atoms with van der Waals surface area (Å²) in [5, 5.41) is 9.58. The molecule has 0 spiro atoms. The number of fused-ring (bicyclic) bond motifs is 1. The zero-order valence-electron chi connectivity index (χ0n) is 18.0. The molecule has 1 heterocycles. The second-order valence-electron chi connectivity index (χ2n) is 8.58. The lowest BCUT2D eigenvalue weighted by molar-refractivity contribution is -0.139. The predicted molar refractivity (Wildman–Crippen MR) is 117 cm³/mol. The monoisotopic (exact) mass is 424 g/mol. The molecule has 1 aliphatic rings. The molecule has 0 aromatic heterocycles. The molecule has 3 rings (SSSR count). The van der Waals surface area contributed by atoms with Crippen molar-refractivity contribution in [2.75, 3.05) is 11.5 Å². The van der Waals surface area contributed by atoms with Crippen molar-refractivity contribution in [1.29, 1.82) is 0 Å². The molecule has 2 aromatic rings. The first-order valence-electron chi connectivity index (χ1n) is 10.3. The maximum atomic E-state index is 13.3. The van der Waals surface area contributed by atoms with Gasteiger partial charge in [-0.3, -0.25) is 14.4 Å². The molecule has 0 radical (unpaired) electrons. The van der Waals surface area contributed by atoms with E-state index in [0.29, 0.717) is 42.0 Å². The number of carboxylic acids is 1. The van der Waals surface area contributed by atoms with Gasteiger partial charge in [-0.2, -0.15) is 0 Å². The summed E-state index contributed by atoms with van der Waals surface area (Å²) in [4.78, 5) is 38.0. The number of aliphatic carboxylic acids is 1. The lowest BCUT2D eigenvalue weighted by Gasteiger charge is -2.38. The summed E-state index contributed by atoms with van der Waals surface area (Å²) in [6.07, 6.45) is 0.838. The normalized spacial score (nSPS) is 18.2. The van der Waals surface area contributed by atoms with E-state index in [1.807, 2.05) is 6.92 Å². The zero-order valence-corrected chi connectivity index (χ0v) is 18.0. The van der Waals surface area contributed by atoms with Crippen molar-refractivity contribution in [1.82, 2.24) is 0 Å². The standard InChI is InChI=1S/C24H28N2O5/c1-15-14-19(22(28)29)18-6-4-5-7-20(18)26(15)21(27)16-8-10-17(11-9-16)31-13-12-24(2,3)23(25)30/h4-11,15,19H,12-14H2,1-3H3,(H2,25,30)(H,28,29)/t15-,19+/m1/s1. The number of amides is 2. The van der Waals surface area contributed by atoms with Crippen LogP contribution in [0.4, 0.5) is 5.69 Å². The molecule has 1 aliphatic heterocycles. The van der Waals surface area contributed by atoms with E-state index in [9.17, 15) is 19.5 Å². The van der Waals surface area contributed by atoms with E-state index in [2.05, 4.69) is 0 Å². The topological polar surface area (TPSA) is 110 Å². The maximum absolute atomic E-state index is 13.3. The third-order valence-electron chi connectivity index (χ3n) is 5.87. The van der Waals surface area contributed by atoms with Gasteiger partial charge in [-0.05, 0) is 55.7 Å². The fourth-order valence-corrected chi connectivity index (χ4v) is 3.74. The maximum Gasteiger partial charge on any atom is 0.311 e. The number of hydrogen-bond donors (Lipinski definition) is 2. The lowest BCUT2D eigenvalue weighted by atomic mass is 9.85. The molecule has 0 aliphatic carbocycles. The SMILES string of the molecule is C[C@@H]1C[C@H](C(=O)O)c2ccccc2N1C(=O)c1ccc(OCCC(C)(C)C(N)=O)cc1. The van der Waals surface area contributed by atoms with Crippen LogP contribution >= 0.6 is 0 Å². The van der Waals surface area contributed by atoms with Gasteiger partial charge in [0.25, 0.3) is 5.91 Å². The van der Waals surface area contributed by atoms with E-state index < -0.39 is 17.3 Å². The van der Waals surface area contributed by atoms with Gasteiger partial charge in [0.1, 0.15) is 5.75 Å². The number of benzene rings is 2. The summed E-state index contributed by atoms with van der Waals surface area (Å²) in [6.45, 7) is 5.73. The average Bonchev–Trinajstić information content (AvgIpc) is 2.73. The van der Waals surface area contributed by atoms with Crippen LogP contribution < -0.4 is 15.4 Å². The summed E-state index contributed by atoms with van der Waals surface area (Å²) in [5.74, 6) is -1.48. The number of carboxylic acid groups (broad SMARTS) is 1. The highest BCUT2D eigenvalue weighted by molar-refractivity contribution is 6.07. The van der Waals surface area contributed by atoms with Crippen molar-refractivity contribution >= 4 is 23.5 Å². The summed E-state index contributed by atoms with van der Waals surface area (Å²) < 4.78 is 5.69. The Hall–Kier alpha value is -3.35. The van der Waals surface area contributed by atoms with E-state index in [-0.39, 0.29) is 17.9 Å². The largest absolute Gasteiger partial charge is 0.494 e. The van der Waals surface area contributed by atoms with Gasteiger partial charge in [-0.1, -0.05) is 32.0 Å². The van der Waals surface area contributed by atoms with Crippen LogP contribution in [0.1, 0.15) is 55.5 Å². The van der Waals surface area contributed by atoms with Crippen LogP contribution in [-0.2, 0) is 9.59 Å². The number of nitrogens with two attached hydrogens (primary N) is 1. The van der Waals surface area contributed by atoms with Crippen molar-refractivity contribution < 1.29 is 24.2 Å². The van der Waals surface area contributed by atoms with Crippen LogP contribution in [0.5, 0.6) is 5.75 Å². The Morgan fingerprint density at radius 3 is 2.39 bits per heavy atom. The fourth-order valence-electron chi connectivity index (χ4n) is 3.74. The highest BCUT2D eigenvalue weighted by Gasteiger charge is 2.37. The average molecular weight is 424 g/mol. The molecule has 3 N–H and O–H groups in total. The number of carbonyl (C=O) groups is 3. The number of hydrogen-bond acceptors (Lipinski definition) is 4. The quantitative estimate of drug-likeness (QED) is 0.706. The van der Waals surface area contributed by atoms with Gasteiger partial charge in [-0.25, -0.2) is 0 Å². The molecule has 0 fully saturated rings. The van der Waals surface area contributed by atoms with Gasteiger partial charge in [-0.15, -0.1) is 0 Å². The molecule has 7 nitrogen and oxygen atoms in total. The van der Waals surface area contributed by atoms with Gasteiger partial charge in [0.05, 0.1) is 12.5 Å². The summed E-state index contributed by atoms with van der Waals surface area (Å²) in [5.41, 5.74) is 6.49. The molecule has 2 amide bonds. The van der Waals surface area contributed by atoms with Gasteiger partial charge in [0, 0.05) is 22.7 Å². The first kappa shape index (κ1) is 22.3. The smallest absolute Gasteiger partial charge is 0.311 e. The third-order valence-corrected chi connectivity index (χ3v) is 5.87. The highest BCUT2D eigenvalue weighted by atomic mass is 16.5. The molecular formula is C24H28N2O5. The first-order chi connectivity index (χ1) is 14.6. The summed E-state index contributed by atoms with van der Waals surface area (Å²) in [7, 11) is 0. The van der Waals surface area contributed by atoms with Crippen LogP contribution in [-0.4, -0.2) is 35.5 Å². The molecular weight excluding hydrogens is 396 g/mol. The van der Waals surface area contributed by atoms with Gasteiger partial charge < -0.3 is 20.5 Å². The van der Waals surface area contributed by atoms with Gasteiger partial charge >= 0.3 is 5.97 Å². The summed E-state index contributed by atoms with van der Waals surface area (Å²) >= 11 is 0. The van der Waals surface area contributed by atoms with Crippen LogP contribution in [0.25, 0.3) is 0 Å². The number of para-hydroxylation sites is 1. The fraction of sp³-hybridized carbons (Fsp3) is 0.375. The predicted octanol–water partition coefficient (Wildman–Crippen LogP) is 3.57. The molecule has 7 heteroatoms. The molecule has 164 valence electrons. The molecule has 0 bridgehead atoms. The Morgan fingerprint density at radius 2 is 1.77 bits per heavy atom. The van der Waals surface area contributed by atoms with Crippen molar-refractivity contribution in [3.8, 4) is 5.75 Å². The summed E-state index contributed by atoms with van der Waals surface area (Å²) in [6, 6.07) is 13.7. The number of rotatable bonds is 7. The third kappa shape index (κ3) is 4.71.